The van der Waals surface area contributed by atoms with E-state index in [1.807, 2.05) is 0 Å². The highest BCUT2D eigenvalue weighted by Crippen LogP contribution is 2.37. The summed E-state index contributed by atoms with van der Waals surface area (Å²) in [5.74, 6) is 0.0402. The second kappa shape index (κ2) is 5.17. The normalized spacial score (nSPS) is 42.1. The van der Waals surface area contributed by atoms with Crippen LogP contribution in [-0.4, -0.2) is 47.2 Å². The summed E-state index contributed by atoms with van der Waals surface area (Å²) < 4.78 is 0. The molecule has 1 heterocycles. The number of carbonyl (C=O) groups is 1. The van der Waals surface area contributed by atoms with Crippen LogP contribution in [0.5, 0.6) is 0 Å². The maximum atomic E-state index is 11.4. The Morgan fingerprint density at radius 2 is 2.11 bits per heavy atom. The second-order valence-electron chi connectivity index (χ2n) is 6.13. The summed E-state index contributed by atoms with van der Waals surface area (Å²) in [4.78, 5) is 14.0. The van der Waals surface area contributed by atoms with E-state index in [0.29, 0.717) is 12.1 Å². The number of aliphatic carboxylic acids is 1. The number of nitrogens with one attached hydrogen (secondary N) is 1. The largest absolute Gasteiger partial charge is 0.480 e. The van der Waals surface area contributed by atoms with Gasteiger partial charge in [-0.3, -0.25) is 9.69 Å². The smallest absolute Gasteiger partial charge is 0.323 e. The van der Waals surface area contributed by atoms with E-state index in [9.17, 15) is 9.90 Å². The Morgan fingerprint density at radius 3 is 2.67 bits per heavy atom. The standard InChI is InChI=1S/C14H26N2O2/c1-10-5-4-8-16(11(10)2)12-6-7-14(9-12,15-3)13(17)18/h10-12,15H,4-9H2,1-3H3,(H,17,18). The minimum atomic E-state index is -0.690. The molecule has 1 aliphatic carbocycles. The van der Waals surface area contributed by atoms with Crippen LogP contribution in [0.4, 0.5) is 0 Å². The summed E-state index contributed by atoms with van der Waals surface area (Å²) in [6.07, 6.45) is 5.06. The number of hydrogen-bond donors (Lipinski definition) is 2. The molecule has 104 valence electrons. The van der Waals surface area contributed by atoms with Gasteiger partial charge < -0.3 is 10.4 Å². The lowest BCUT2D eigenvalue weighted by Crippen LogP contribution is -2.52. The molecule has 4 nitrogen and oxygen atoms in total. The van der Waals surface area contributed by atoms with Gasteiger partial charge in [0, 0.05) is 12.1 Å². The number of likely N-dealkylation sites (tertiary alicyclic amines) is 1. The van der Waals surface area contributed by atoms with E-state index in [1.165, 1.54) is 12.8 Å². The lowest BCUT2D eigenvalue weighted by Gasteiger charge is -2.42. The number of carboxylic acid groups (broad SMARTS) is 1. The maximum Gasteiger partial charge on any atom is 0.323 e. The predicted molar refractivity (Wildman–Crippen MR) is 71.6 cm³/mol. The molecule has 18 heavy (non-hydrogen) atoms. The molecule has 2 N–H and O–H groups in total. The lowest BCUT2D eigenvalue weighted by molar-refractivity contribution is -0.144. The molecule has 0 aromatic heterocycles. The highest BCUT2D eigenvalue weighted by atomic mass is 16.4. The van der Waals surface area contributed by atoms with Crippen molar-refractivity contribution in [2.24, 2.45) is 5.92 Å². The highest BCUT2D eigenvalue weighted by Gasteiger charge is 2.47. The zero-order valence-electron chi connectivity index (χ0n) is 11.8. The minimum absolute atomic E-state index is 0.436. The molecule has 0 amide bonds. The number of nitrogens with zero attached hydrogens (tertiary/aromatic N) is 1. The molecule has 2 rings (SSSR count). The average Bonchev–Trinajstić information content (AvgIpc) is 2.78. The van der Waals surface area contributed by atoms with Crippen molar-refractivity contribution in [3.8, 4) is 0 Å². The first-order valence-corrected chi connectivity index (χ1v) is 7.18. The number of piperidine rings is 1. The van der Waals surface area contributed by atoms with Gasteiger partial charge in [0.2, 0.25) is 0 Å². The number of hydrogen-bond acceptors (Lipinski definition) is 3. The van der Waals surface area contributed by atoms with Crippen LogP contribution >= 0.6 is 0 Å². The van der Waals surface area contributed by atoms with Crippen molar-refractivity contribution >= 4 is 5.97 Å². The summed E-state index contributed by atoms with van der Waals surface area (Å²) in [5, 5.41) is 12.5. The molecular weight excluding hydrogens is 228 g/mol. The Bertz CT molecular complexity index is 321. The molecule has 0 spiro atoms. The Morgan fingerprint density at radius 1 is 1.39 bits per heavy atom. The zero-order chi connectivity index (χ0) is 13.3. The first-order valence-electron chi connectivity index (χ1n) is 7.18. The van der Waals surface area contributed by atoms with Gasteiger partial charge in [0.15, 0.2) is 0 Å². The zero-order valence-corrected chi connectivity index (χ0v) is 11.8. The monoisotopic (exact) mass is 254 g/mol. The SMILES string of the molecule is CNC1(C(=O)O)CCC(N2CCCC(C)C2C)C1. The van der Waals surface area contributed by atoms with Gasteiger partial charge in [0.25, 0.3) is 0 Å². The van der Waals surface area contributed by atoms with Gasteiger partial charge in [-0.2, -0.15) is 0 Å². The van der Waals surface area contributed by atoms with E-state index in [4.69, 9.17) is 0 Å². The average molecular weight is 254 g/mol. The van der Waals surface area contributed by atoms with Crippen LogP contribution < -0.4 is 5.32 Å². The van der Waals surface area contributed by atoms with Gasteiger partial charge in [-0.05, 0) is 58.5 Å². The Labute approximate surface area is 110 Å². The van der Waals surface area contributed by atoms with Gasteiger partial charge in [0.05, 0.1) is 0 Å². The molecule has 1 saturated carbocycles. The molecule has 0 bridgehead atoms. The van der Waals surface area contributed by atoms with E-state index in [0.717, 1.165) is 31.7 Å². The first-order chi connectivity index (χ1) is 8.50. The fourth-order valence-electron chi connectivity index (χ4n) is 3.71. The number of carboxylic acids is 1. The molecule has 4 unspecified atom stereocenters. The van der Waals surface area contributed by atoms with Crippen LogP contribution in [0.3, 0.4) is 0 Å². The van der Waals surface area contributed by atoms with E-state index in [1.54, 1.807) is 7.05 Å². The van der Waals surface area contributed by atoms with E-state index >= 15 is 0 Å². The summed E-state index contributed by atoms with van der Waals surface area (Å²) in [6, 6.07) is 1.02. The van der Waals surface area contributed by atoms with Crippen LogP contribution in [-0.2, 0) is 4.79 Å². The van der Waals surface area contributed by atoms with Crippen molar-refractivity contribution in [2.75, 3.05) is 13.6 Å². The number of rotatable bonds is 3. The molecule has 1 saturated heterocycles. The highest BCUT2D eigenvalue weighted by molar-refractivity contribution is 5.79. The van der Waals surface area contributed by atoms with Crippen molar-refractivity contribution in [1.29, 1.82) is 0 Å². The van der Waals surface area contributed by atoms with E-state index < -0.39 is 11.5 Å². The third-order valence-electron chi connectivity index (χ3n) is 5.27. The van der Waals surface area contributed by atoms with Gasteiger partial charge in [-0.15, -0.1) is 0 Å². The van der Waals surface area contributed by atoms with Crippen molar-refractivity contribution in [3.05, 3.63) is 0 Å². The van der Waals surface area contributed by atoms with Crippen molar-refractivity contribution < 1.29 is 9.90 Å². The predicted octanol–water partition coefficient (Wildman–Crippen LogP) is 1.70. The minimum Gasteiger partial charge on any atom is -0.480 e. The molecule has 2 aliphatic rings. The quantitative estimate of drug-likeness (QED) is 0.805. The van der Waals surface area contributed by atoms with Crippen molar-refractivity contribution in [1.82, 2.24) is 10.2 Å². The summed E-state index contributed by atoms with van der Waals surface area (Å²) in [6.45, 7) is 5.74. The molecule has 4 heteroatoms. The first kappa shape index (κ1) is 13.8. The van der Waals surface area contributed by atoms with Gasteiger partial charge in [-0.1, -0.05) is 6.92 Å². The molecule has 2 fully saturated rings. The van der Waals surface area contributed by atoms with Crippen LogP contribution in [0.15, 0.2) is 0 Å². The third kappa shape index (κ3) is 2.28. The summed E-state index contributed by atoms with van der Waals surface area (Å²) in [7, 11) is 1.78. The molecular formula is C14H26N2O2. The third-order valence-corrected chi connectivity index (χ3v) is 5.27. The van der Waals surface area contributed by atoms with E-state index in [-0.39, 0.29) is 0 Å². The molecule has 1 aliphatic heterocycles. The Hall–Kier alpha value is -0.610. The van der Waals surface area contributed by atoms with Crippen LogP contribution in [0.25, 0.3) is 0 Å². The fourth-order valence-corrected chi connectivity index (χ4v) is 3.71. The van der Waals surface area contributed by atoms with Crippen LogP contribution in [0, 0.1) is 5.92 Å². The van der Waals surface area contributed by atoms with Crippen LogP contribution in [0.1, 0.15) is 46.0 Å². The summed E-state index contributed by atoms with van der Waals surface area (Å²) >= 11 is 0. The Kier molecular flexibility index (Phi) is 3.97. The fraction of sp³-hybridized carbons (Fsp3) is 0.929. The molecule has 0 aromatic rings. The maximum absolute atomic E-state index is 11.4. The lowest BCUT2D eigenvalue weighted by atomic mass is 9.90. The molecule has 0 aromatic carbocycles. The topological polar surface area (TPSA) is 52.6 Å². The Balaban J connectivity index is 2.06. The van der Waals surface area contributed by atoms with Crippen molar-refractivity contribution in [3.63, 3.8) is 0 Å². The van der Waals surface area contributed by atoms with Gasteiger partial charge in [-0.25, -0.2) is 0 Å². The number of likely N-dealkylation sites (N-methyl/N-ethyl adjacent to an activating group) is 1. The van der Waals surface area contributed by atoms with Gasteiger partial charge >= 0.3 is 5.97 Å². The van der Waals surface area contributed by atoms with Crippen molar-refractivity contribution in [2.45, 2.75) is 63.6 Å². The molecule has 0 radical (unpaired) electrons. The summed E-state index contributed by atoms with van der Waals surface area (Å²) in [5.41, 5.74) is -0.689. The second-order valence-corrected chi connectivity index (χ2v) is 6.13. The van der Waals surface area contributed by atoms with Crippen LogP contribution in [0.2, 0.25) is 0 Å². The van der Waals surface area contributed by atoms with E-state index in [2.05, 4.69) is 24.1 Å². The molecule has 4 atom stereocenters. The van der Waals surface area contributed by atoms with Gasteiger partial charge in [0.1, 0.15) is 5.54 Å².